The molecule has 0 aliphatic rings. The molecule has 0 unspecified atom stereocenters. The molecule has 19 heavy (non-hydrogen) atoms. The molecular formula is C15H14ClNOS. The number of hydrogen-bond donors (Lipinski definition) is 0. The van der Waals surface area contributed by atoms with Crippen molar-refractivity contribution < 1.29 is 4.79 Å². The summed E-state index contributed by atoms with van der Waals surface area (Å²) in [6.07, 6.45) is 2.19. The minimum Gasteiger partial charge on any atom is -0.298 e. The molecular weight excluding hydrogens is 278 g/mol. The Morgan fingerprint density at radius 1 is 1.26 bits per heavy atom. The van der Waals surface area contributed by atoms with E-state index >= 15 is 0 Å². The van der Waals surface area contributed by atoms with Gasteiger partial charge < -0.3 is 0 Å². The Labute approximate surface area is 122 Å². The van der Waals surface area contributed by atoms with Crippen molar-refractivity contribution in [3.8, 4) is 0 Å². The highest BCUT2D eigenvalue weighted by molar-refractivity contribution is 7.99. The molecule has 0 saturated heterocycles. The Kier molecular flexibility index (Phi) is 5.00. The summed E-state index contributed by atoms with van der Waals surface area (Å²) in [5.41, 5.74) is 2.10. The van der Waals surface area contributed by atoms with Gasteiger partial charge in [-0.25, -0.2) is 4.98 Å². The standard InChI is InChI=1S/C15H14ClNOS/c1-11-3-2-8-17-15(11)19-10-14(18)9-12-4-6-13(16)7-5-12/h2-8H,9-10H2,1H3. The van der Waals surface area contributed by atoms with Gasteiger partial charge in [-0.05, 0) is 36.2 Å². The number of ketones is 1. The number of benzene rings is 1. The number of thioether (sulfide) groups is 1. The number of hydrogen-bond acceptors (Lipinski definition) is 3. The lowest BCUT2D eigenvalue weighted by Gasteiger charge is -2.04. The van der Waals surface area contributed by atoms with E-state index in [1.807, 2.05) is 31.2 Å². The van der Waals surface area contributed by atoms with Crippen LogP contribution in [-0.4, -0.2) is 16.5 Å². The smallest absolute Gasteiger partial charge is 0.147 e. The van der Waals surface area contributed by atoms with Crippen LogP contribution in [0.3, 0.4) is 0 Å². The number of carbonyl (C=O) groups excluding carboxylic acids is 1. The van der Waals surface area contributed by atoms with Crippen molar-refractivity contribution in [3.05, 3.63) is 58.7 Å². The van der Waals surface area contributed by atoms with Gasteiger partial charge in [0, 0.05) is 17.6 Å². The maximum absolute atomic E-state index is 11.9. The first-order valence-corrected chi connectivity index (χ1v) is 7.32. The van der Waals surface area contributed by atoms with Crippen molar-refractivity contribution in [2.75, 3.05) is 5.75 Å². The van der Waals surface area contributed by atoms with Crippen LogP contribution in [-0.2, 0) is 11.2 Å². The minimum absolute atomic E-state index is 0.192. The largest absolute Gasteiger partial charge is 0.298 e. The van der Waals surface area contributed by atoms with Crippen molar-refractivity contribution in [1.82, 2.24) is 4.98 Å². The monoisotopic (exact) mass is 291 g/mol. The third-order valence-corrected chi connectivity index (χ3v) is 4.06. The lowest BCUT2D eigenvalue weighted by molar-refractivity contribution is -0.116. The van der Waals surface area contributed by atoms with E-state index in [0.29, 0.717) is 17.2 Å². The molecule has 0 atom stereocenters. The topological polar surface area (TPSA) is 30.0 Å². The molecule has 98 valence electrons. The second-order valence-electron chi connectivity index (χ2n) is 4.26. The molecule has 2 aromatic rings. The average molecular weight is 292 g/mol. The van der Waals surface area contributed by atoms with Crippen LogP contribution in [0.25, 0.3) is 0 Å². The fraction of sp³-hybridized carbons (Fsp3) is 0.200. The molecule has 1 aromatic heterocycles. The van der Waals surface area contributed by atoms with Crippen molar-refractivity contribution in [3.63, 3.8) is 0 Å². The zero-order valence-electron chi connectivity index (χ0n) is 10.6. The number of halogens is 1. The first-order chi connectivity index (χ1) is 9.15. The predicted molar refractivity (Wildman–Crippen MR) is 79.9 cm³/mol. The summed E-state index contributed by atoms with van der Waals surface area (Å²) < 4.78 is 0. The van der Waals surface area contributed by atoms with Crippen molar-refractivity contribution >= 4 is 29.1 Å². The first-order valence-electron chi connectivity index (χ1n) is 5.96. The molecule has 0 spiro atoms. The van der Waals surface area contributed by atoms with Gasteiger partial charge >= 0.3 is 0 Å². The summed E-state index contributed by atoms with van der Waals surface area (Å²) in [4.78, 5) is 16.2. The van der Waals surface area contributed by atoms with Crippen molar-refractivity contribution in [2.24, 2.45) is 0 Å². The second-order valence-corrected chi connectivity index (χ2v) is 5.66. The van der Waals surface area contributed by atoms with Crippen LogP contribution in [0.1, 0.15) is 11.1 Å². The van der Waals surface area contributed by atoms with Gasteiger partial charge in [0.15, 0.2) is 0 Å². The molecule has 0 aliphatic heterocycles. The van der Waals surface area contributed by atoms with Gasteiger partial charge in [-0.3, -0.25) is 4.79 Å². The van der Waals surface area contributed by atoms with Gasteiger partial charge in [-0.15, -0.1) is 0 Å². The molecule has 0 bridgehead atoms. The number of aryl methyl sites for hydroxylation is 1. The summed E-state index contributed by atoms with van der Waals surface area (Å²) in [7, 11) is 0. The zero-order valence-corrected chi connectivity index (χ0v) is 12.2. The van der Waals surface area contributed by atoms with Crippen LogP contribution >= 0.6 is 23.4 Å². The normalized spacial score (nSPS) is 10.4. The molecule has 1 aromatic carbocycles. The molecule has 0 radical (unpaired) electrons. The Balaban J connectivity index is 1.88. The predicted octanol–water partition coefficient (Wildman–Crippen LogP) is 3.95. The SMILES string of the molecule is Cc1cccnc1SCC(=O)Cc1ccc(Cl)cc1. The number of nitrogens with zero attached hydrogens (tertiary/aromatic N) is 1. The van der Waals surface area contributed by atoms with Gasteiger partial charge in [-0.1, -0.05) is 41.6 Å². The molecule has 0 fully saturated rings. The third kappa shape index (κ3) is 4.37. The Morgan fingerprint density at radius 2 is 2.00 bits per heavy atom. The maximum Gasteiger partial charge on any atom is 0.147 e. The van der Waals surface area contributed by atoms with Crippen LogP contribution < -0.4 is 0 Å². The molecule has 0 aliphatic carbocycles. The summed E-state index contributed by atoms with van der Waals surface area (Å²) >= 11 is 7.30. The van der Waals surface area contributed by atoms with Crippen LogP contribution in [0.4, 0.5) is 0 Å². The highest BCUT2D eigenvalue weighted by atomic mass is 35.5. The number of Topliss-reactive ketones (excluding diaryl/α,β-unsaturated/α-hetero) is 1. The summed E-state index contributed by atoms with van der Waals surface area (Å²) in [5.74, 6) is 0.637. The molecule has 0 N–H and O–H groups in total. The van der Waals surface area contributed by atoms with E-state index < -0.39 is 0 Å². The number of rotatable bonds is 5. The molecule has 4 heteroatoms. The van der Waals surface area contributed by atoms with E-state index in [1.54, 1.807) is 18.3 Å². The summed E-state index contributed by atoms with van der Waals surface area (Å²) in [6, 6.07) is 11.3. The van der Waals surface area contributed by atoms with Crippen LogP contribution in [0.5, 0.6) is 0 Å². The van der Waals surface area contributed by atoms with Crippen LogP contribution in [0.2, 0.25) is 5.02 Å². The number of carbonyl (C=O) groups is 1. The van der Waals surface area contributed by atoms with E-state index in [2.05, 4.69) is 4.98 Å². The fourth-order valence-corrected chi connectivity index (χ4v) is 2.61. The zero-order chi connectivity index (χ0) is 13.7. The van der Waals surface area contributed by atoms with Crippen LogP contribution in [0, 0.1) is 6.92 Å². The average Bonchev–Trinajstić information content (AvgIpc) is 2.40. The van der Waals surface area contributed by atoms with Crippen LogP contribution in [0.15, 0.2) is 47.6 Å². The highest BCUT2D eigenvalue weighted by Crippen LogP contribution is 2.19. The van der Waals surface area contributed by atoms with Crippen molar-refractivity contribution in [2.45, 2.75) is 18.4 Å². The second kappa shape index (κ2) is 6.73. The first kappa shape index (κ1) is 14.1. The van der Waals surface area contributed by atoms with Gasteiger partial charge in [0.25, 0.3) is 0 Å². The van der Waals surface area contributed by atoms with Gasteiger partial charge in [0.1, 0.15) is 5.78 Å². The van der Waals surface area contributed by atoms with E-state index in [9.17, 15) is 4.79 Å². The lowest BCUT2D eigenvalue weighted by atomic mass is 10.1. The van der Waals surface area contributed by atoms with Gasteiger partial charge in [-0.2, -0.15) is 0 Å². The molecule has 1 heterocycles. The lowest BCUT2D eigenvalue weighted by Crippen LogP contribution is -2.06. The maximum atomic E-state index is 11.9. The van der Waals surface area contributed by atoms with E-state index in [1.165, 1.54) is 11.8 Å². The molecule has 0 amide bonds. The Morgan fingerprint density at radius 3 is 2.68 bits per heavy atom. The summed E-state index contributed by atoms with van der Waals surface area (Å²) in [5, 5.41) is 1.61. The molecule has 2 rings (SSSR count). The van der Waals surface area contributed by atoms with E-state index in [4.69, 9.17) is 11.6 Å². The number of aromatic nitrogens is 1. The minimum atomic E-state index is 0.192. The quantitative estimate of drug-likeness (QED) is 0.781. The van der Waals surface area contributed by atoms with Gasteiger partial charge in [0.2, 0.25) is 0 Å². The highest BCUT2D eigenvalue weighted by Gasteiger charge is 2.07. The number of pyridine rings is 1. The molecule has 0 saturated carbocycles. The van der Waals surface area contributed by atoms with E-state index in [-0.39, 0.29) is 5.78 Å². The molecule has 2 nitrogen and oxygen atoms in total. The fourth-order valence-electron chi connectivity index (χ4n) is 1.65. The Bertz CT molecular complexity index is 569. The summed E-state index contributed by atoms with van der Waals surface area (Å²) in [6.45, 7) is 2.00. The van der Waals surface area contributed by atoms with Crippen molar-refractivity contribution in [1.29, 1.82) is 0 Å². The van der Waals surface area contributed by atoms with Gasteiger partial charge in [0.05, 0.1) is 10.8 Å². The Hall–Kier alpha value is -1.32. The third-order valence-electron chi connectivity index (χ3n) is 2.65. The van der Waals surface area contributed by atoms with E-state index in [0.717, 1.165) is 16.2 Å².